The highest BCUT2D eigenvalue weighted by Gasteiger charge is 2.30. The second-order valence-corrected chi connectivity index (χ2v) is 9.23. The van der Waals surface area contributed by atoms with Crippen LogP contribution in [0.2, 0.25) is 0 Å². The number of rotatable bonds is 10. The van der Waals surface area contributed by atoms with E-state index in [-0.39, 0.29) is 11.9 Å². The predicted octanol–water partition coefficient (Wildman–Crippen LogP) is 2.95. The summed E-state index contributed by atoms with van der Waals surface area (Å²) in [4.78, 5) is 31.4. The van der Waals surface area contributed by atoms with Gasteiger partial charge >= 0.3 is 0 Å². The summed E-state index contributed by atoms with van der Waals surface area (Å²) in [5, 5.41) is 13.6. The molecule has 0 atom stereocenters. The molecule has 2 aromatic rings. The van der Waals surface area contributed by atoms with E-state index in [0.29, 0.717) is 40.7 Å². The zero-order valence-electron chi connectivity index (χ0n) is 20.7. The number of carbonyl (C=O) groups excluding carboxylic acids is 2. The first-order valence-electron chi connectivity index (χ1n) is 12.2. The Bertz CT molecular complexity index is 1100. The maximum atomic E-state index is 13.0. The van der Waals surface area contributed by atoms with Crippen LogP contribution in [0.3, 0.4) is 0 Å². The average molecular weight is 482 g/mol. The molecule has 10 nitrogen and oxygen atoms in total. The normalized spacial score (nSPS) is 21.1. The molecule has 0 bridgehead atoms. The zero-order valence-corrected chi connectivity index (χ0v) is 20.7. The number of allylic oxidation sites excluding steroid dienone is 3. The van der Waals surface area contributed by atoms with Gasteiger partial charge in [-0.05, 0) is 44.0 Å². The molecule has 3 N–H and O–H groups in total. The van der Waals surface area contributed by atoms with Crippen molar-refractivity contribution >= 4 is 29.5 Å². The number of aromatic nitrogens is 3. The molecule has 2 aromatic heterocycles. The first kappa shape index (κ1) is 24.7. The van der Waals surface area contributed by atoms with Gasteiger partial charge in [-0.1, -0.05) is 19.3 Å². The van der Waals surface area contributed by atoms with Crippen LogP contribution >= 0.6 is 0 Å². The number of methoxy groups -OCH3 is 1. The summed E-state index contributed by atoms with van der Waals surface area (Å²) in [5.41, 5.74) is 1.18. The minimum Gasteiger partial charge on any atom is -0.381 e. The minimum atomic E-state index is -0.178. The van der Waals surface area contributed by atoms with Gasteiger partial charge < -0.3 is 25.6 Å². The van der Waals surface area contributed by atoms with Crippen molar-refractivity contribution in [3.63, 3.8) is 0 Å². The number of nitrogens with one attached hydrogen (secondary N) is 3. The van der Waals surface area contributed by atoms with E-state index >= 15 is 0 Å². The van der Waals surface area contributed by atoms with E-state index in [0.717, 1.165) is 44.8 Å². The molecular weight excluding hydrogens is 446 g/mol. The second-order valence-electron chi connectivity index (χ2n) is 9.23. The fourth-order valence-corrected chi connectivity index (χ4v) is 4.60. The van der Waals surface area contributed by atoms with Gasteiger partial charge in [0.05, 0.1) is 18.0 Å². The van der Waals surface area contributed by atoms with Crippen molar-refractivity contribution < 1.29 is 14.3 Å². The quantitative estimate of drug-likeness (QED) is 0.270. The van der Waals surface area contributed by atoms with E-state index in [9.17, 15) is 9.59 Å². The molecule has 0 spiro atoms. The highest BCUT2D eigenvalue weighted by Crippen LogP contribution is 2.27. The minimum absolute atomic E-state index is 0.178. The van der Waals surface area contributed by atoms with Gasteiger partial charge in [0.2, 0.25) is 0 Å². The highest BCUT2D eigenvalue weighted by molar-refractivity contribution is 6.00. The molecular formula is C25H35N7O3. The van der Waals surface area contributed by atoms with Crippen LogP contribution in [0.1, 0.15) is 55.3 Å². The topological polar surface area (TPSA) is 113 Å². The number of anilines is 2. The van der Waals surface area contributed by atoms with Gasteiger partial charge in [0.1, 0.15) is 17.2 Å². The number of amides is 1. The van der Waals surface area contributed by atoms with Gasteiger partial charge in [0, 0.05) is 39.4 Å². The fourth-order valence-electron chi connectivity index (χ4n) is 4.60. The van der Waals surface area contributed by atoms with Crippen LogP contribution in [0.5, 0.6) is 0 Å². The molecule has 0 aromatic carbocycles. The van der Waals surface area contributed by atoms with Crippen LogP contribution in [0.4, 0.5) is 11.6 Å². The van der Waals surface area contributed by atoms with Crippen LogP contribution in [-0.4, -0.2) is 71.1 Å². The molecule has 10 heteroatoms. The van der Waals surface area contributed by atoms with Crippen LogP contribution in [0.15, 0.2) is 36.3 Å². The third-order valence-corrected chi connectivity index (χ3v) is 6.89. The van der Waals surface area contributed by atoms with Crippen LogP contribution in [-0.2, 0) is 9.53 Å². The number of hydrogen-bond acceptors (Lipinski definition) is 8. The average Bonchev–Trinajstić information content (AvgIpc) is 3.27. The third-order valence-electron chi connectivity index (χ3n) is 6.89. The summed E-state index contributed by atoms with van der Waals surface area (Å²) < 4.78 is 6.92. The Morgan fingerprint density at radius 3 is 2.71 bits per heavy atom. The summed E-state index contributed by atoms with van der Waals surface area (Å²) in [6.45, 7) is 0. The molecule has 0 radical (unpaired) electrons. The Balaban J connectivity index is 1.49. The number of aldehydes is 1. The van der Waals surface area contributed by atoms with Crippen molar-refractivity contribution in [1.82, 2.24) is 24.8 Å². The number of fused-ring (bicyclic) bond motifs is 1. The Labute approximate surface area is 205 Å². The van der Waals surface area contributed by atoms with E-state index in [2.05, 4.69) is 30.9 Å². The summed E-state index contributed by atoms with van der Waals surface area (Å²) in [7, 11) is 5.53. The SMILES string of the molecule is CNc1cc(N/C(C=O)=C/C=C\N(C)C2CC(OC)C2)nc2c(C(=O)NC3CCCCC3)cnn12. The standard InChI is InChI=1S/C25H35N7O3/c1-26-23-14-22(28-18(16-33)10-7-11-31(2)19-12-20(13-19)35-3)30-24-21(15-27-32(23)24)25(34)29-17-8-5-4-6-9-17/h7,10-11,14-17,19-20,26H,4-6,8-9,12-13H2,1-3H3,(H,28,30)(H,29,34)/b11-7-,18-10+. The van der Waals surface area contributed by atoms with Crippen molar-refractivity contribution in [1.29, 1.82) is 0 Å². The lowest BCUT2D eigenvalue weighted by molar-refractivity contribution is -0.104. The third kappa shape index (κ3) is 5.82. The number of nitrogens with zero attached hydrogens (tertiary/aromatic N) is 4. The summed E-state index contributed by atoms with van der Waals surface area (Å²) >= 11 is 0. The molecule has 1 amide bonds. The molecule has 188 valence electrons. The molecule has 35 heavy (non-hydrogen) atoms. The van der Waals surface area contributed by atoms with Gasteiger partial charge in [0.15, 0.2) is 11.9 Å². The van der Waals surface area contributed by atoms with Gasteiger partial charge in [-0.15, -0.1) is 0 Å². The molecule has 2 saturated carbocycles. The smallest absolute Gasteiger partial charge is 0.256 e. The number of ether oxygens (including phenoxy) is 1. The molecule has 4 rings (SSSR count). The Kier molecular flexibility index (Phi) is 8.02. The predicted molar refractivity (Wildman–Crippen MR) is 135 cm³/mol. The summed E-state index contributed by atoms with van der Waals surface area (Å²) in [5.74, 6) is 0.908. The lowest BCUT2D eigenvalue weighted by atomic mass is 9.88. The molecule has 2 fully saturated rings. The molecule has 0 saturated heterocycles. The van der Waals surface area contributed by atoms with Crippen molar-refractivity contribution in [2.75, 3.05) is 31.8 Å². The van der Waals surface area contributed by atoms with E-state index in [4.69, 9.17) is 4.74 Å². The first-order chi connectivity index (χ1) is 17.0. The Hall–Kier alpha value is -3.40. The van der Waals surface area contributed by atoms with Crippen LogP contribution < -0.4 is 16.0 Å². The van der Waals surface area contributed by atoms with E-state index in [1.807, 2.05) is 19.3 Å². The lowest BCUT2D eigenvalue weighted by Crippen LogP contribution is -2.43. The van der Waals surface area contributed by atoms with Gasteiger partial charge in [0.25, 0.3) is 5.91 Å². The van der Waals surface area contributed by atoms with Gasteiger partial charge in [-0.25, -0.2) is 4.98 Å². The van der Waals surface area contributed by atoms with Crippen molar-refractivity contribution in [3.05, 3.63) is 41.9 Å². The maximum Gasteiger partial charge on any atom is 0.256 e. The molecule has 2 heterocycles. The Morgan fingerprint density at radius 1 is 1.26 bits per heavy atom. The molecule has 0 aliphatic heterocycles. The highest BCUT2D eigenvalue weighted by atomic mass is 16.5. The van der Waals surface area contributed by atoms with Crippen molar-refractivity contribution in [2.24, 2.45) is 0 Å². The van der Waals surface area contributed by atoms with E-state index in [1.54, 1.807) is 30.8 Å². The molecule has 0 unspecified atom stereocenters. The maximum absolute atomic E-state index is 13.0. The van der Waals surface area contributed by atoms with Gasteiger partial charge in [-0.3, -0.25) is 9.59 Å². The molecule has 2 aliphatic rings. The van der Waals surface area contributed by atoms with E-state index < -0.39 is 0 Å². The van der Waals surface area contributed by atoms with Crippen LogP contribution in [0.25, 0.3) is 5.65 Å². The van der Waals surface area contributed by atoms with Gasteiger partial charge in [-0.2, -0.15) is 9.61 Å². The van der Waals surface area contributed by atoms with E-state index in [1.165, 1.54) is 12.6 Å². The largest absolute Gasteiger partial charge is 0.381 e. The second kappa shape index (κ2) is 11.4. The summed E-state index contributed by atoms with van der Waals surface area (Å²) in [6.07, 6.45) is 15.6. The van der Waals surface area contributed by atoms with Crippen molar-refractivity contribution in [2.45, 2.75) is 63.1 Å². The lowest BCUT2D eigenvalue weighted by Gasteiger charge is -2.39. The Morgan fingerprint density at radius 2 is 2.03 bits per heavy atom. The van der Waals surface area contributed by atoms with Crippen LogP contribution in [0, 0.1) is 0 Å². The summed E-state index contributed by atoms with van der Waals surface area (Å²) in [6, 6.07) is 2.38. The van der Waals surface area contributed by atoms with Crippen molar-refractivity contribution in [3.8, 4) is 0 Å². The monoisotopic (exact) mass is 481 g/mol. The zero-order chi connectivity index (χ0) is 24.8. The fraction of sp³-hybridized carbons (Fsp3) is 0.520. The molecule has 2 aliphatic carbocycles. The number of hydrogen-bond donors (Lipinski definition) is 3. The first-order valence-corrected chi connectivity index (χ1v) is 12.2. The number of carbonyl (C=O) groups is 2.